The van der Waals surface area contributed by atoms with Gasteiger partial charge in [0, 0.05) is 22.6 Å². The third-order valence-corrected chi connectivity index (χ3v) is 3.96. The van der Waals surface area contributed by atoms with E-state index >= 15 is 0 Å². The maximum Gasteiger partial charge on any atom is 0.274 e. The number of hydrogen-bond donors (Lipinski definition) is 2. The number of nitrogens with zero attached hydrogens (tertiary/aromatic N) is 2. The fourth-order valence-electron chi connectivity index (χ4n) is 2.40. The minimum Gasteiger partial charge on any atom is -0.324 e. The first kappa shape index (κ1) is 16.9. The fourth-order valence-corrected chi connectivity index (χ4v) is 2.52. The lowest BCUT2D eigenvalue weighted by Crippen LogP contribution is -2.16. The Balaban J connectivity index is 1.78. The Bertz CT molecular complexity index is 889. The van der Waals surface area contributed by atoms with Crippen molar-refractivity contribution in [2.75, 3.05) is 10.6 Å². The second-order valence-electron chi connectivity index (χ2n) is 5.62. The molecule has 0 bridgehead atoms. The van der Waals surface area contributed by atoms with Crippen LogP contribution in [-0.2, 0) is 0 Å². The van der Waals surface area contributed by atoms with Gasteiger partial charge in [0.05, 0.1) is 0 Å². The monoisotopic (exact) mass is 352 g/mol. The highest BCUT2D eigenvalue weighted by atomic mass is 35.5. The maximum absolute atomic E-state index is 12.5. The molecular formula is C19H17ClN4O. The van der Waals surface area contributed by atoms with E-state index in [2.05, 4.69) is 20.6 Å². The highest BCUT2D eigenvalue weighted by Gasteiger charge is 2.12. The van der Waals surface area contributed by atoms with Gasteiger partial charge < -0.3 is 10.6 Å². The second kappa shape index (κ2) is 7.32. The zero-order chi connectivity index (χ0) is 17.8. The molecular weight excluding hydrogens is 336 g/mol. The van der Waals surface area contributed by atoms with Gasteiger partial charge in [-0.1, -0.05) is 29.8 Å². The zero-order valence-corrected chi connectivity index (χ0v) is 14.6. The standard InChI is InChI=1S/C19H17ClN4O/c1-12-4-3-5-13(2)17(12)24-18(25)16-10-11-21-19(23-16)22-15-8-6-14(20)7-9-15/h3-11H,1-2H3,(H,24,25)(H,21,22,23). The molecule has 0 saturated carbocycles. The highest BCUT2D eigenvalue weighted by Crippen LogP contribution is 2.20. The summed E-state index contributed by atoms with van der Waals surface area (Å²) in [6.45, 7) is 3.91. The lowest BCUT2D eigenvalue weighted by Gasteiger charge is -2.11. The van der Waals surface area contributed by atoms with E-state index in [1.807, 2.05) is 44.2 Å². The number of rotatable bonds is 4. The van der Waals surface area contributed by atoms with Crippen LogP contribution in [0.3, 0.4) is 0 Å². The van der Waals surface area contributed by atoms with Crippen LogP contribution in [-0.4, -0.2) is 15.9 Å². The predicted molar refractivity (Wildman–Crippen MR) is 101 cm³/mol. The molecule has 1 heterocycles. The summed E-state index contributed by atoms with van der Waals surface area (Å²) < 4.78 is 0. The Hall–Kier alpha value is -2.92. The van der Waals surface area contributed by atoms with Gasteiger partial charge in [0.2, 0.25) is 5.95 Å². The number of para-hydroxylation sites is 1. The molecule has 0 radical (unpaired) electrons. The lowest BCUT2D eigenvalue weighted by atomic mass is 10.1. The van der Waals surface area contributed by atoms with Gasteiger partial charge in [-0.05, 0) is 55.3 Å². The molecule has 6 heteroatoms. The summed E-state index contributed by atoms with van der Waals surface area (Å²) in [7, 11) is 0. The van der Waals surface area contributed by atoms with Gasteiger partial charge in [0.15, 0.2) is 0 Å². The largest absolute Gasteiger partial charge is 0.324 e. The SMILES string of the molecule is Cc1cccc(C)c1NC(=O)c1ccnc(Nc2ccc(Cl)cc2)n1. The predicted octanol–water partition coefficient (Wildman–Crippen LogP) is 4.74. The first-order valence-electron chi connectivity index (χ1n) is 7.76. The molecule has 25 heavy (non-hydrogen) atoms. The second-order valence-corrected chi connectivity index (χ2v) is 6.05. The molecule has 0 aliphatic heterocycles. The number of carbonyl (C=O) groups excluding carboxylic acids is 1. The number of nitrogens with one attached hydrogen (secondary N) is 2. The van der Waals surface area contributed by atoms with Crippen molar-refractivity contribution in [3.05, 3.63) is 76.6 Å². The van der Waals surface area contributed by atoms with Gasteiger partial charge >= 0.3 is 0 Å². The van der Waals surface area contributed by atoms with Crippen LogP contribution in [0.25, 0.3) is 0 Å². The minimum absolute atomic E-state index is 0.279. The van der Waals surface area contributed by atoms with E-state index in [1.54, 1.807) is 24.4 Å². The number of aromatic nitrogens is 2. The van der Waals surface area contributed by atoms with Gasteiger partial charge in [0.25, 0.3) is 5.91 Å². The molecule has 5 nitrogen and oxygen atoms in total. The van der Waals surface area contributed by atoms with Gasteiger partial charge in [-0.15, -0.1) is 0 Å². The summed E-state index contributed by atoms with van der Waals surface area (Å²) in [5.41, 5.74) is 3.88. The van der Waals surface area contributed by atoms with Crippen molar-refractivity contribution in [3.63, 3.8) is 0 Å². The molecule has 0 aliphatic carbocycles. The smallest absolute Gasteiger partial charge is 0.274 e. The third-order valence-electron chi connectivity index (χ3n) is 3.71. The summed E-state index contributed by atoms with van der Waals surface area (Å²) in [5.74, 6) is 0.0652. The lowest BCUT2D eigenvalue weighted by molar-refractivity contribution is 0.102. The fraction of sp³-hybridized carbons (Fsp3) is 0.105. The molecule has 0 atom stereocenters. The van der Waals surface area contributed by atoms with Gasteiger partial charge in [-0.3, -0.25) is 4.79 Å². The van der Waals surface area contributed by atoms with Gasteiger partial charge in [0.1, 0.15) is 5.69 Å². The van der Waals surface area contributed by atoms with Crippen LogP contribution in [0.4, 0.5) is 17.3 Å². The van der Waals surface area contributed by atoms with Crippen LogP contribution in [0, 0.1) is 13.8 Å². The molecule has 2 N–H and O–H groups in total. The quantitative estimate of drug-likeness (QED) is 0.711. The molecule has 1 aromatic heterocycles. The summed E-state index contributed by atoms with van der Waals surface area (Å²) >= 11 is 5.87. The Morgan fingerprint density at radius 1 is 1.00 bits per heavy atom. The molecule has 1 amide bonds. The Labute approximate surface area is 151 Å². The number of aryl methyl sites for hydroxylation is 2. The molecule has 2 aromatic carbocycles. The van der Waals surface area contributed by atoms with E-state index in [1.165, 1.54) is 0 Å². The molecule has 0 fully saturated rings. The van der Waals surface area contributed by atoms with E-state index in [9.17, 15) is 4.79 Å². The first-order valence-corrected chi connectivity index (χ1v) is 8.14. The average molecular weight is 353 g/mol. The van der Waals surface area contributed by atoms with Crippen molar-refractivity contribution in [3.8, 4) is 0 Å². The van der Waals surface area contributed by atoms with Gasteiger partial charge in [-0.2, -0.15) is 0 Å². The summed E-state index contributed by atoms with van der Waals surface area (Å²) in [6, 6.07) is 14.6. The molecule has 0 saturated heterocycles. The summed E-state index contributed by atoms with van der Waals surface area (Å²) in [4.78, 5) is 20.9. The van der Waals surface area contributed by atoms with Crippen LogP contribution < -0.4 is 10.6 Å². The van der Waals surface area contributed by atoms with Crippen molar-refractivity contribution in [2.45, 2.75) is 13.8 Å². The van der Waals surface area contributed by atoms with Crippen LogP contribution >= 0.6 is 11.6 Å². The summed E-state index contributed by atoms with van der Waals surface area (Å²) in [5, 5.41) is 6.62. The van der Waals surface area contributed by atoms with Crippen LogP contribution in [0.5, 0.6) is 0 Å². The van der Waals surface area contributed by atoms with Crippen LogP contribution in [0.1, 0.15) is 21.6 Å². The number of halogens is 1. The number of hydrogen-bond acceptors (Lipinski definition) is 4. The van der Waals surface area contributed by atoms with Gasteiger partial charge in [-0.25, -0.2) is 9.97 Å². The molecule has 0 unspecified atom stereocenters. The topological polar surface area (TPSA) is 66.9 Å². The molecule has 0 aliphatic rings. The van der Waals surface area contributed by atoms with Crippen molar-refractivity contribution >= 4 is 34.8 Å². The number of amides is 1. The number of carbonyl (C=O) groups is 1. The van der Waals surface area contributed by atoms with E-state index in [0.717, 1.165) is 22.5 Å². The highest BCUT2D eigenvalue weighted by molar-refractivity contribution is 6.30. The summed E-state index contributed by atoms with van der Waals surface area (Å²) in [6.07, 6.45) is 1.55. The van der Waals surface area contributed by atoms with E-state index in [-0.39, 0.29) is 11.6 Å². The van der Waals surface area contributed by atoms with E-state index in [4.69, 9.17) is 11.6 Å². The van der Waals surface area contributed by atoms with Crippen molar-refractivity contribution in [2.24, 2.45) is 0 Å². The Kier molecular flexibility index (Phi) is 4.95. The molecule has 3 aromatic rings. The van der Waals surface area contributed by atoms with E-state index < -0.39 is 0 Å². The van der Waals surface area contributed by atoms with Crippen LogP contribution in [0.2, 0.25) is 5.02 Å². The van der Waals surface area contributed by atoms with Crippen LogP contribution in [0.15, 0.2) is 54.7 Å². The van der Waals surface area contributed by atoms with Crippen molar-refractivity contribution in [1.29, 1.82) is 0 Å². The number of anilines is 3. The molecule has 3 rings (SSSR count). The zero-order valence-electron chi connectivity index (χ0n) is 13.9. The Morgan fingerprint density at radius 2 is 1.68 bits per heavy atom. The normalized spacial score (nSPS) is 10.4. The first-order chi connectivity index (χ1) is 12.0. The number of benzene rings is 2. The Morgan fingerprint density at radius 3 is 2.36 bits per heavy atom. The van der Waals surface area contributed by atoms with Crippen molar-refractivity contribution < 1.29 is 4.79 Å². The molecule has 126 valence electrons. The van der Waals surface area contributed by atoms with E-state index in [0.29, 0.717) is 11.0 Å². The average Bonchev–Trinajstić information content (AvgIpc) is 2.60. The third kappa shape index (κ3) is 4.14. The minimum atomic E-state index is -0.279. The maximum atomic E-state index is 12.5. The molecule has 0 spiro atoms. The van der Waals surface area contributed by atoms with Crippen molar-refractivity contribution in [1.82, 2.24) is 9.97 Å².